The number of hydrogen-bond donors (Lipinski definition) is 1. The van der Waals surface area contributed by atoms with Crippen molar-refractivity contribution >= 4 is 23.3 Å². The Morgan fingerprint density at radius 1 is 1.28 bits per heavy atom. The van der Waals surface area contributed by atoms with E-state index in [1.54, 1.807) is 23.3 Å². The number of nitrogens with one attached hydrogen (secondary N) is 1. The molecule has 156 valence electrons. The standard InChI is InChI=1S/C22H29N3O3S/c1-3-23-22(27)24(12-7-14-28-2)16-20(26)25-13-10-19-18(11-15-29-19)21(25)17-8-5-4-6-9-17/h4-6,8-9,11,15,21H,3,7,10,12-14,16H2,1-2H3,(H,23,27)/t21-/m1/s1. The Labute approximate surface area is 176 Å². The van der Waals surface area contributed by atoms with E-state index in [-0.39, 0.29) is 24.5 Å². The number of rotatable bonds is 8. The van der Waals surface area contributed by atoms with Crippen molar-refractivity contribution < 1.29 is 14.3 Å². The summed E-state index contributed by atoms with van der Waals surface area (Å²) in [6.45, 7) is 4.17. The van der Waals surface area contributed by atoms with Crippen LogP contribution in [0, 0.1) is 0 Å². The monoisotopic (exact) mass is 415 g/mol. The van der Waals surface area contributed by atoms with Crippen molar-refractivity contribution in [2.45, 2.75) is 25.8 Å². The van der Waals surface area contributed by atoms with E-state index in [9.17, 15) is 9.59 Å². The highest BCUT2D eigenvalue weighted by molar-refractivity contribution is 7.10. The molecule has 0 fully saturated rings. The molecule has 29 heavy (non-hydrogen) atoms. The fraction of sp³-hybridized carbons (Fsp3) is 0.455. The molecule has 1 aliphatic rings. The third-order valence-electron chi connectivity index (χ3n) is 5.12. The molecular formula is C22H29N3O3S. The number of nitrogens with zero attached hydrogens (tertiary/aromatic N) is 2. The van der Waals surface area contributed by atoms with Gasteiger partial charge < -0.3 is 19.9 Å². The summed E-state index contributed by atoms with van der Waals surface area (Å²) >= 11 is 1.75. The highest BCUT2D eigenvalue weighted by Gasteiger charge is 2.33. The maximum atomic E-state index is 13.3. The zero-order valence-electron chi connectivity index (χ0n) is 17.1. The van der Waals surface area contributed by atoms with Crippen LogP contribution >= 0.6 is 11.3 Å². The molecule has 1 aromatic carbocycles. The van der Waals surface area contributed by atoms with E-state index in [1.807, 2.05) is 30.0 Å². The molecule has 0 radical (unpaired) electrons. The first kappa shape index (κ1) is 21.3. The molecule has 0 bridgehead atoms. The fourth-order valence-electron chi connectivity index (χ4n) is 3.75. The van der Waals surface area contributed by atoms with Gasteiger partial charge in [0.25, 0.3) is 0 Å². The van der Waals surface area contributed by atoms with Gasteiger partial charge in [-0.05, 0) is 42.3 Å². The van der Waals surface area contributed by atoms with Crippen LogP contribution in [0.5, 0.6) is 0 Å². The lowest BCUT2D eigenvalue weighted by Gasteiger charge is -2.37. The van der Waals surface area contributed by atoms with Gasteiger partial charge in [-0.15, -0.1) is 11.3 Å². The number of carbonyl (C=O) groups is 2. The maximum Gasteiger partial charge on any atom is 0.317 e. The smallest absolute Gasteiger partial charge is 0.317 e. The number of amides is 3. The largest absolute Gasteiger partial charge is 0.385 e. The number of urea groups is 1. The van der Waals surface area contributed by atoms with Crippen LogP contribution in [0.1, 0.15) is 35.4 Å². The van der Waals surface area contributed by atoms with E-state index >= 15 is 0 Å². The van der Waals surface area contributed by atoms with Gasteiger partial charge in [0, 0.05) is 38.2 Å². The predicted octanol–water partition coefficient (Wildman–Crippen LogP) is 3.29. The topological polar surface area (TPSA) is 61.9 Å². The van der Waals surface area contributed by atoms with Crippen molar-refractivity contribution in [3.63, 3.8) is 0 Å². The second kappa shape index (κ2) is 10.4. The summed E-state index contributed by atoms with van der Waals surface area (Å²) in [6.07, 6.45) is 1.55. The normalized spacial score (nSPS) is 15.7. The van der Waals surface area contributed by atoms with Crippen LogP contribution in [0.25, 0.3) is 0 Å². The third kappa shape index (κ3) is 5.16. The highest BCUT2D eigenvalue weighted by atomic mass is 32.1. The van der Waals surface area contributed by atoms with Crippen LogP contribution in [-0.4, -0.2) is 61.6 Å². The average molecular weight is 416 g/mol. The minimum atomic E-state index is -0.207. The lowest BCUT2D eigenvalue weighted by molar-refractivity contribution is -0.134. The van der Waals surface area contributed by atoms with Crippen molar-refractivity contribution in [2.75, 3.05) is 39.9 Å². The molecule has 0 unspecified atom stereocenters. The molecule has 7 heteroatoms. The average Bonchev–Trinajstić information content (AvgIpc) is 3.22. The fourth-order valence-corrected chi connectivity index (χ4v) is 4.65. The summed E-state index contributed by atoms with van der Waals surface area (Å²) in [7, 11) is 1.64. The number of carbonyl (C=O) groups excluding carboxylic acids is 2. The summed E-state index contributed by atoms with van der Waals surface area (Å²) in [5.74, 6) is -0.0284. The van der Waals surface area contributed by atoms with Gasteiger partial charge in [-0.3, -0.25) is 4.79 Å². The number of hydrogen-bond acceptors (Lipinski definition) is 4. The summed E-state index contributed by atoms with van der Waals surface area (Å²) in [5.41, 5.74) is 2.30. The van der Waals surface area contributed by atoms with E-state index in [4.69, 9.17) is 4.74 Å². The van der Waals surface area contributed by atoms with Crippen molar-refractivity contribution in [3.8, 4) is 0 Å². The molecule has 1 aliphatic heterocycles. The van der Waals surface area contributed by atoms with Gasteiger partial charge in [0.05, 0.1) is 6.04 Å². The van der Waals surface area contributed by atoms with Crippen molar-refractivity contribution in [1.29, 1.82) is 0 Å². The first-order chi connectivity index (χ1) is 14.2. The molecule has 0 saturated carbocycles. The van der Waals surface area contributed by atoms with E-state index in [0.29, 0.717) is 32.7 Å². The second-order valence-corrected chi connectivity index (χ2v) is 8.05. The number of thiophene rings is 1. The molecule has 6 nitrogen and oxygen atoms in total. The minimum absolute atomic E-state index is 0.0284. The zero-order valence-corrected chi connectivity index (χ0v) is 17.9. The second-order valence-electron chi connectivity index (χ2n) is 7.05. The first-order valence-corrected chi connectivity index (χ1v) is 11.0. The van der Waals surface area contributed by atoms with Gasteiger partial charge in [0.1, 0.15) is 6.54 Å². The lowest BCUT2D eigenvalue weighted by atomic mass is 9.93. The lowest BCUT2D eigenvalue weighted by Crippen LogP contribution is -2.49. The van der Waals surface area contributed by atoms with Gasteiger partial charge in [-0.2, -0.15) is 0 Å². The van der Waals surface area contributed by atoms with Crippen LogP contribution < -0.4 is 5.32 Å². The number of methoxy groups -OCH3 is 1. The Morgan fingerprint density at radius 3 is 2.79 bits per heavy atom. The van der Waals surface area contributed by atoms with Gasteiger partial charge in [0.15, 0.2) is 0 Å². The number of fused-ring (bicyclic) bond motifs is 1. The molecule has 2 aromatic rings. The van der Waals surface area contributed by atoms with Crippen LogP contribution in [0.2, 0.25) is 0 Å². The Bertz CT molecular complexity index is 809. The van der Waals surface area contributed by atoms with Gasteiger partial charge >= 0.3 is 6.03 Å². The maximum absolute atomic E-state index is 13.3. The SMILES string of the molecule is CCNC(=O)N(CCCOC)CC(=O)N1CCc2sccc2[C@H]1c1ccccc1. The van der Waals surface area contributed by atoms with E-state index in [0.717, 1.165) is 12.0 Å². The van der Waals surface area contributed by atoms with Crippen LogP contribution in [0.15, 0.2) is 41.8 Å². The number of benzene rings is 1. The Hall–Kier alpha value is -2.38. The van der Waals surface area contributed by atoms with Crippen LogP contribution in [-0.2, 0) is 16.0 Å². The molecular weight excluding hydrogens is 386 g/mol. The quantitative estimate of drug-likeness (QED) is 0.673. The van der Waals surface area contributed by atoms with E-state index < -0.39 is 0 Å². The molecule has 1 N–H and O–H groups in total. The minimum Gasteiger partial charge on any atom is -0.385 e. The van der Waals surface area contributed by atoms with Crippen molar-refractivity contribution in [2.24, 2.45) is 0 Å². The Kier molecular flexibility index (Phi) is 7.66. The number of ether oxygens (including phenoxy) is 1. The molecule has 3 amide bonds. The van der Waals surface area contributed by atoms with Crippen molar-refractivity contribution in [3.05, 3.63) is 57.8 Å². The molecule has 0 spiro atoms. The van der Waals surface area contributed by atoms with Crippen LogP contribution in [0.3, 0.4) is 0 Å². The van der Waals surface area contributed by atoms with Gasteiger partial charge in [-0.25, -0.2) is 4.79 Å². The molecule has 0 saturated heterocycles. The molecule has 0 aliphatic carbocycles. The predicted molar refractivity (Wildman–Crippen MR) is 115 cm³/mol. The zero-order chi connectivity index (χ0) is 20.6. The van der Waals surface area contributed by atoms with Gasteiger partial charge in [0.2, 0.25) is 5.91 Å². The molecule has 2 heterocycles. The highest BCUT2D eigenvalue weighted by Crippen LogP contribution is 2.37. The Balaban J connectivity index is 1.80. The molecule has 3 rings (SSSR count). The van der Waals surface area contributed by atoms with Gasteiger partial charge in [-0.1, -0.05) is 30.3 Å². The summed E-state index contributed by atoms with van der Waals surface area (Å²) in [5, 5.41) is 4.91. The molecule has 1 aromatic heterocycles. The van der Waals surface area contributed by atoms with Crippen LogP contribution in [0.4, 0.5) is 4.79 Å². The van der Waals surface area contributed by atoms with E-state index in [2.05, 4.69) is 28.9 Å². The van der Waals surface area contributed by atoms with E-state index in [1.165, 1.54) is 10.4 Å². The first-order valence-electron chi connectivity index (χ1n) is 10.1. The van der Waals surface area contributed by atoms with Crippen molar-refractivity contribution in [1.82, 2.24) is 15.1 Å². The molecule has 1 atom stereocenters. The Morgan fingerprint density at radius 2 is 2.07 bits per heavy atom. The third-order valence-corrected chi connectivity index (χ3v) is 6.12. The summed E-state index contributed by atoms with van der Waals surface area (Å²) in [6, 6.07) is 11.9. The summed E-state index contributed by atoms with van der Waals surface area (Å²) in [4.78, 5) is 30.7. The summed E-state index contributed by atoms with van der Waals surface area (Å²) < 4.78 is 5.11.